The largest absolute Gasteiger partial charge is 0.494 e. The van der Waals surface area contributed by atoms with Crippen LogP contribution in [0, 0.1) is 0 Å². The highest BCUT2D eigenvalue weighted by molar-refractivity contribution is 7.99. The van der Waals surface area contributed by atoms with E-state index in [9.17, 15) is 4.79 Å². The van der Waals surface area contributed by atoms with Crippen LogP contribution in [0.4, 0.5) is 0 Å². The molecule has 1 aromatic heterocycles. The van der Waals surface area contributed by atoms with Crippen molar-refractivity contribution in [2.45, 2.75) is 19.0 Å². The normalized spacial score (nSPS) is 10.6. The highest BCUT2D eigenvalue weighted by Crippen LogP contribution is 2.22. The zero-order valence-corrected chi connectivity index (χ0v) is 16.0. The van der Waals surface area contributed by atoms with Crippen LogP contribution < -0.4 is 9.47 Å². The SMILES string of the molecule is CCOc1ccc(C(=O)CSc2nnnn2-c2ccc(OCC)cc2)cc1. The third kappa shape index (κ3) is 4.85. The van der Waals surface area contributed by atoms with Gasteiger partial charge < -0.3 is 9.47 Å². The molecule has 8 heteroatoms. The lowest BCUT2D eigenvalue weighted by atomic mass is 10.1. The Morgan fingerprint density at radius 2 is 1.56 bits per heavy atom. The Morgan fingerprint density at radius 1 is 0.963 bits per heavy atom. The summed E-state index contributed by atoms with van der Waals surface area (Å²) >= 11 is 1.30. The molecule has 3 aromatic rings. The second-order valence-electron chi connectivity index (χ2n) is 5.47. The van der Waals surface area contributed by atoms with Crippen LogP contribution in [0.2, 0.25) is 0 Å². The van der Waals surface area contributed by atoms with Gasteiger partial charge in [0.1, 0.15) is 11.5 Å². The number of hydrogen-bond donors (Lipinski definition) is 0. The quantitative estimate of drug-likeness (QED) is 0.413. The summed E-state index contributed by atoms with van der Waals surface area (Å²) in [5.74, 6) is 1.78. The first-order valence-electron chi connectivity index (χ1n) is 8.61. The third-order valence-corrected chi connectivity index (χ3v) is 4.57. The number of rotatable bonds is 9. The van der Waals surface area contributed by atoms with Crippen molar-refractivity contribution in [1.82, 2.24) is 20.2 Å². The molecule has 0 aliphatic heterocycles. The summed E-state index contributed by atoms with van der Waals surface area (Å²) in [5, 5.41) is 12.3. The van der Waals surface area contributed by atoms with E-state index in [0.29, 0.717) is 23.9 Å². The van der Waals surface area contributed by atoms with Gasteiger partial charge in [-0.25, -0.2) is 0 Å². The monoisotopic (exact) mass is 384 g/mol. The van der Waals surface area contributed by atoms with E-state index in [-0.39, 0.29) is 11.5 Å². The van der Waals surface area contributed by atoms with E-state index in [1.807, 2.05) is 38.1 Å². The minimum Gasteiger partial charge on any atom is -0.494 e. The molecule has 0 amide bonds. The zero-order chi connectivity index (χ0) is 19.1. The summed E-state index contributed by atoms with van der Waals surface area (Å²) in [7, 11) is 0. The number of benzene rings is 2. The Balaban J connectivity index is 1.65. The Kier molecular flexibility index (Phi) is 6.43. The molecule has 0 fully saturated rings. The molecule has 0 atom stereocenters. The minimum absolute atomic E-state index is 0.00397. The van der Waals surface area contributed by atoms with Crippen LogP contribution in [0.25, 0.3) is 5.69 Å². The van der Waals surface area contributed by atoms with E-state index >= 15 is 0 Å². The molecule has 1 heterocycles. The number of ketones is 1. The van der Waals surface area contributed by atoms with Gasteiger partial charge in [0, 0.05) is 5.56 Å². The molecule has 0 spiro atoms. The molecular weight excluding hydrogens is 364 g/mol. The number of ether oxygens (including phenoxy) is 2. The van der Waals surface area contributed by atoms with Crippen molar-refractivity contribution in [3.63, 3.8) is 0 Å². The summed E-state index contributed by atoms with van der Waals surface area (Å²) in [5.41, 5.74) is 1.44. The average Bonchev–Trinajstić information content (AvgIpc) is 3.16. The lowest BCUT2D eigenvalue weighted by Gasteiger charge is -2.07. The molecule has 0 saturated heterocycles. The highest BCUT2D eigenvalue weighted by Gasteiger charge is 2.13. The van der Waals surface area contributed by atoms with E-state index in [2.05, 4.69) is 15.5 Å². The fourth-order valence-corrected chi connectivity index (χ4v) is 3.18. The lowest BCUT2D eigenvalue weighted by molar-refractivity contribution is 0.102. The van der Waals surface area contributed by atoms with Gasteiger partial charge in [-0.3, -0.25) is 4.79 Å². The molecular formula is C19H20N4O3S. The van der Waals surface area contributed by atoms with Gasteiger partial charge in [-0.05, 0) is 72.8 Å². The Hall–Kier alpha value is -2.87. The summed E-state index contributed by atoms with van der Waals surface area (Å²) < 4.78 is 12.4. The van der Waals surface area contributed by atoms with Crippen LogP contribution in [-0.4, -0.2) is 45.0 Å². The number of carbonyl (C=O) groups is 1. The smallest absolute Gasteiger partial charge is 0.214 e. The number of aromatic nitrogens is 4. The first-order valence-corrected chi connectivity index (χ1v) is 9.60. The second kappa shape index (κ2) is 9.18. The molecule has 7 nitrogen and oxygen atoms in total. The first kappa shape index (κ1) is 18.9. The first-order chi connectivity index (χ1) is 13.2. The molecule has 0 aliphatic carbocycles. The Labute approximate surface area is 161 Å². The molecule has 0 bridgehead atoms. The van der Waals surface area contributed by atoms with Crippen LogP contribution in [0.5, 0.6) is 11.5 Å². The van der Waals surface area contributed by atoms with Crippen molar-refractivity contribution in [3.05, 3.63) is 54.1 Å². The number of thioether (sulfide) groups is 1. The summed E-state index contributed by atoms with van der Waals surface area (Å²) in [6.07, 6.45) is 0. The zero-order valence-electron chi connectivity index (χ0n) is 15.2. The number of Topliss-reactive ketones (excluding diaryl/α,β-unsaturated/α-hetero) is 1. The number of nitrogens with zero attached hydrogens (tertiary/aromatic N) is 4. The van der Waals surface area contributed by atoms with Crippen LogP contribution in [-0.2, 0) is 0 Å². The fourth-order valence-electron chi connectivity index (χ4n) is 2.40. The molecule has 2 aromatic carbocycles. The van der Waals surface area contributed by atoms with Gasteiger partial charge in [0.2, 0.25) is 5.16 Å². The van der Waals surface area contributed by atoms with Crippen LogP contribution in [0.1, 0.15) is 24.2 Å². The van der Waals surface area contributed by atoms with Gasteiger partial charge >= 0.3 is 0 Å². The molecule has 0 aliphatic rings. The molecule has 140 valence electrons. The van der Waals surface area contributed by atoms with Crippen molar-refractivity contribution in [2.24, 2.45) is 0 Å². The maximum Gasteiger partial charge on any atom is 0.214 e. The third-order valence-electron chi connectivity index (χ3n) is 3.65. The molecule has 0 unspecified atom stereocenters. The van der Waals surface area contributed by atoms with Crippen LogP contribution >= 0.6 is 11.8 Å². The van der Waals surface area contributed by atoms with Gasteiger partial charge in [-0.15, -0.1) is 5.10 Å². The van der Waals surface area contributed by atoms with Crippen molar-refractivity contribution >= 4 is 17.5 Å². The van der Waals surface area contributed by atoms with E-state index < -0.39 is 0 Å². The fraction of sp³-hybridized carbons (Fsp3) is 0.263. The van der Waals surface area contributed by atoms with E-state index in [0.717, 1.165) is 17.2 Å². The summed E-state index contributed by atoms with van der Waals surface area (Å²) in [6.45, 7) is 5.06. The molecule has 0 radical (unpaired) electrons. The van der Waals surface area contributed by atoms with Crippen molar-refractivity contribution < 1.29 is 14.3 Å². The van der Waals surface area contributed by atoms with Gasteiger partial charge in [-0.1, -0.05) is 11.8 Å². The lowest BCUT2D eigenvalue weighted by Crippen LogP contribution is -2.05. The average molecular weight is 384 g/mol. The number of tetrazole rings is 1. The Bertz CT molecular complexity index is 879. The van der Waals surface area contributed by atoms with E-state index in [1.54, 1.807) is 28.9 Å². The Morgan fingerprint density at radius 3 is 2.15 bits per heavy atom. The topological polar surface area (TPSA) is 79.1 Å². The summed E-state index contributed by atoms with van der Waals surface area (Å²) in [4.78, 5) is 12.4. The van der Waals surface area contributed by atoms with Crippen LogP contribution in [0.15, 0.2) is 53.7 Å². The van der Waals surface area contributed by atoms with E-state index in [4.69, 9.17) is 9.47 Å². The van der Waals surface area contributed by atoms with Gasteiger partial charge in [0.25, 0.3) is 0 Å². The van der Waals surface area contributed by atoms with Gasteiger partial charge in [-0.2, -0.15) is 4.68 Å². The number of hydrogen-bond acceptors (Lipinski definition) is 7. The van der Waals surface area contributed by atoms with Crippen molar-refractivity contribution in [3.8, 4) is 17.2 Å². The summed E-state index contributed by atoms with van der Waals surface area (Å²) in [6, 6.07) is 14.6. The van der Waals surface area contributed by atoms with Crippen LogP contribution in [0.3, 0.4) is 0 Å². The molecule has 0 saturated carbocycles. The predicted molar refractivity (Wildman–Crippen MR) is 103 cm³/mol. The number of carbonyl (C=O) groups excluding carboxylic acids is 1. The molecule has 27 heavy (non-hydrogen) atoms. The van der Waals surface area contributed by atoms with Gasteiger partial charge in [0.05, 0.1) is 24.7 Å². The highest BCUT2D eigenvalue weighted by atomic mass is 32.2. The maximum absolute atomic E-state index is 12.4. The molecule has 3 rings (SSSR count). The van der Waals surface area contributed by atoms with E-state index in [1.165, 1.54) is 11.8 Å². The van der Waals surface area contributed by atoms with Gasteiger partial charge in [0.15, 0.2) is 5.78 Å². The second-order valence-corrected chi connectivity index (χ2v) is 6.41. The van der Waals surface area contributed by atoms with Crippen molar-refractivity contribution in [2.75, 3.05) is 19.0 Å². The standard InChI is InChI=1S/C19H20N4O3S/c1-3-25-16-9-5-14(6-10-16)18(24)13-27-19-20-21-22-23(19)15-7-11-17(12-8-15)26-4-2/h5-12H,3-4,13H2,1-2H3. The minimum atomic E-state index is 0.00397. The molecule has 0 N–H and O–H groups in total. The predicted octanol–water partition coefficient (Wildman–Crippen LogP) is 3.43. The van der Waals surface area contributed by atoms with Crippen molar-refractivity contribution in [1.29, 1.82) is 0 Å². The maximum atomic E-state index is 12.4.